The van der Waals surface area contributed by atoms with Crippen LogP contribution in [0.4, 0.5) is 0 Å². The molecule has 0 bridgehead atoms. The third-order valence-electron chi connectivity index (χ3n) is 3.56. The van der Waals surface area contributed by atoms with Gasteiger partial charge in [0.1, 0.15) is 0 Å². The van der Waals surface area contributed by atoms with Crippen molar-refractivity contribution >= 4 is 0 Å². The topological polar surface area (TPSA) is 26.0 Å². The zero-order valence-electron chi connectivity index (χ0n) is 10.0. The molecule has 2 N–H and O–H groups in total. The van der Waals surface area contributed by atoms with Crippen molar-refractivity contribution in [3.63, 3.8) is 0 Å². The van der Waals surface area contributed by atoms with Gasteiger partial charge in [-0.05, 0) is 25.2 Å². The van der Waals surface area contributed by atoms with Crippen LogP contribution in [0.2, 0.25) is 0 Å². The summed E-state index contributed by atoms with van der Waals surface area (Å²) >= 11 is 0. The van der Waals surface area contributed by atoms with Crippen LogP contribution in [-0.2, 0) is 0 Å². The molecule has 1 heteroatoms. The molecule has 0 spiro atoms. The molecule has 14 heavy (non-hydrogen) atoms. The number of nitrogens with two attached hydrogens (primary N) is 1. The molecule has 0 unspecified atom stereocenters. The lowest BCUT2D eigenvalue weighted by atomic mass is 9.85. The molecule has 0 saturated heterocycles. The van der Waals surface area contributed by atoms with Crippen molar-refractivity contribution in [2.45, 2.75) is 77.2 Å². The second-order valence-corrected chi connectivity index (χ2v) is 5.56. The first-order valence-electron chi connectivity index (χ1n) is 6.41. The Hall–Kier alpha value is -0.0400. The van der Waals surface area contributed by atoms with Crippen molar-refractivity contribution in [3.8, 4) is 0 Å². The molecule has 0 aromatic carbocycles. The second-order valence-electron chi connectivity index (χ2n) is 5.56. The van der Waals surface area contributed by atoms with Gasteiger partial charge in [0, 0.05) is 5.54 Å². The predicted molar refractivity (Wildman–Crippen MR) is 63.3 cm³/mol. The van der Waals surface area contributed by atoms with Gasteiger partial charge < -0.3 is 5.73 Å². The van der Waals surface area contributed by atoms with Crippen LogP contribution in [0.15, 0.2) is 0 Å². The quantitative estimate of drug-likeness (QED) is 0.680. The molecule has 0 aromatic rings. The Balaban J connectivity index is 2.24. The maximum Gasteiger partial charge on any atom is 0.0154 e. The third kappa shape index (κ3) is 4.45. The van der Waals surface area contributed by atoms with Gasteiger partial charge in [-0.1, -0.05) is 52.4 Å². The van der Waals surface area contributed by atoms with Crippen molar-refractivity contribution in [3.05, 3.63) is 0 Å². The monoisotopic (exact) mass is 197 g/mol. The molecule has 1 aliphatic rings. The van der Waals surface area contributed by atoms with E-state index in [9.17, 15) is 0 Å². The summed E-state index contributed by atoms with van der Waals surface area (Å²) in [7, 11) is 0. The second kappa shape index (κ2) is 5.75. The maximum atomic E-state index is 6.45. The molecular weight excluding hydrogens is 170 g/mol. The lowest BCUT2D eigenvalue weighted by Crippen LogP contribution is -2.39. The van der Waals surface area contributed by atoms with Crippen LogP contribution >= 0.6 is 0 Å². The molecule has 1 aliphatic carbocycles. The minimum atomic E-state index is 0.200. The van der Waals surface area contributed by atoms with Crippen molar-refractivity contribution in [2.75, 3.05) is 0 Å². The number of hydrogen-bond donors (Lipinski definition) is 1. The molecule has 0 heterocycles. The van der Waals surface area contributed by atoms with Crippen molar-refractivity contribution in [1.82, 2.24) is 0 Å². The average molecular weight is 197 g/mol. The van der Waals surface area contributed by atoms with Crippen molar-refractivity contribution in [1.29, 1.82) is 0 Å². The molecule has 1 fully saturated rings. The molecule has 0 radical (unpaired) electrons. The van der Waals surface area contributed by atoms with E-state index in [-0.39, 0.29) is 5.54 Å². The fraction of sp³-hybridized carbons (Fsp3) is 1.00. The first kappa shape index (κ1) is 12.0. The van der Waals surface area contributed by atoms with E-state index in [0.717, 1.165) is 5.92 Å². The Kier molecular flexibility index (Phi) is 4.94. The zero-order chi connectivity index (χ0) is 10.4. The summed E-state index contributed by atoms with van der Waals surface area (Å²) in [6.45, 7) is 4.60. The molecule has 0 aliphatic heterocycles. The Morgan fingerprint density at radius 2 is 1.64 bits per heavy atom. The lowest BCUT2D eigenvalue weighted by molar-refractivity contribution is 0.325. The van der Waals surface area contributed by atoms with Gasteiger partial charge in [-0.15, -0.1) is 0 Å². The molecule has 1 rings (SSSR count). The highest BCUT2D eigenvalue weighted by Crippen LogP contribution is 2.29. The number of hydrogen-bond acceptors (Lipinski definition) is 1. The fourth-order valence-electron chi connectivity index (χ4n) is 2.55. The minimum Gasteiger partial charge on any atom is -0.325 e. The van der Waals surface area contributed by atoms with E-state index in [2.05, 4.69) is 13.8 Å². The zero-order valence-corrected chi connectivity index (χ0v) is 10.0. The normalized spacial score (nSPS) is 22.3. The standard InChI is InChI=1S/C13H27N/c1-12(2)8-7-11-13(14)9-5-3-4-6-10-13/h12H,3-11,14H2,1-2H3. The van der Waals surface area contributed by atoms with Crippen molar-refractivity contribution in [2.24, 2.45) is 11.7 Å². The van der Waals surface area contributed by atoms with E-state index in [1.165, 1.54) is 57.8 Å². The summed E-state index contributed by atoms with van der Waals surface area (Å²) in [6, 6.07) is 0. The molecule has 0 amide bonds. The number of rotatable bonds is 4. The van der Waals surface area contributed by atoms with E-state index in [0.29, 0.717) is 0 Å². The summed E-state index contributed by atoms with van der Waals surface area (Å²) in [5.74, 6) is 0.837. The highest BCUT2D eigenvalue weighted by molar-refractivity contribution is 4.85. The Labute approximate surface area is 89.5 Å². The van der Waals surface area contributed by atoms with Crippen LogP contribution in [-0.4, -0.2) is 5.54 Å². The van der Waals surface area contributed by atoms with Crippen LogP contribution in [0.3, 0.4) is 0 Å². The van der Waals surface area contributed by atoms with Gasteiger partial charge in [0.25, 0.3) is 0 Å². The highest BCUT2D eigenvalue weighted by atomic mass is 14.7. The highest BCUT2D eigenvalue weighted by Gasteiger charge is 2.25. The van der Waals surface area contributed by atoms with Gasteiger partial charge in [0.15, 0.2) is 0 Å². The molecular formula is C13H27N. The summed E-state index contributed by atoms with van der Waals surface area (Å²) in [4.78, 5) is 0. The molecule has 0 atom stereocenters. The van der Waals surface area contributed by atoms with Gasteiger partial charge in [0.2, 0.25) is 0 Å². The first-order chi connectivity index (χ1) is 6.62. The summed E-state index contributed by atoms with van der Waals surface area (Å²) in [5, 5.41) is 0. The van der Waals surface area contributed by atoms with E-state index >= 15 is 0 Å². The van der Waals surface area contributed by atoms with Gasteiger partial charge in [-0.3, -0.25) is 0 Å². The van der Waals surface area contributed by atoms with Crippen LogP contribution in [0.1, 0.15) is 71.6 Å². The Morgan fingerprint density at radius 1 is 1.07 bits per heavy atom. The van der Waals surface area contributed by atoms with E-state index in [1.807, 2.05) is 0 Å². The molecule has 1 saturated carbocycles. The van der Waals surface area contributed by atoms with Gasteiger partial charge in [-0.2, -0.15) is 0 Å². The van der Waals surface area contributed by atoms with E-state index in [4.69, 9.17) is 5.73 Å². The van der Waals surface area contributed by atoms with Gasteiger partial charge in [-0.25, -0.2) is 0 Å². The Bertz CT molecular complexity index is 143. The van der Waals surface area contributed by atoms with Crippen LogP contribution in [0.25, 0.3) is 0 Å². The van der Waals surface area contributed by atoms with Crippen LogP contribution in [0, 0.1) is 5.92 Å². The summed E-state index contributed by atoms with van der Waals surface area (Å²) in [5.41, 5.74) is 6.65. The van der Waals surface area contributed by atoms with Gasteiger partial charge >= 0.3 is 0 Å². The smallest absolute Gasteiger partial charge is 0.0154 e. The molecule has 1 nitrogen and oxygen atoms in total. The minimum absolute atomic E-state index is 0.200. The fourth-order valence-corrected chi connectivity index (χ4v) is 2.55. The molecule has 0 aromatic heterocycles. The SMILES string of the molecule is CC(C)CCCC1(N)CCCCCC1. The Morgan fingerprint density at radius 3 is 2.14 bits per heavy atom. The summed E-state index contributed by atoms with van der Waals surface area (Å²) in [6.07, 6.45) is 12.0. The predicted octanol–water partition coefficient (Wildman–Crippen LogP) is 3.86. The largest absolute Gasteiger partial charge is 0.325 e. The van der Waals surface area contributed by atoms with Crippen molar-refractivity contribution < 1.29 is 0 Å². The lowest BCUT2D eigenvalue weighted by Gasteiger charge is -2.28. The molecule has 84 valence electrons. The maximum absolute atomic E-state index is 6.45. The summed E-state index contributed by atoms with van der Waals surface area (Å²) < 4.78 is 0. The average Bonchev–Trinajstić information content (AvgIpc) is 2.30. The first-order valence-corrected chi connectivity index (χ1v) is 6.41. The van der Waals surface area contributed by atoms with E-state index < -0.39 is 0 Å². The third-order valence-corrected chi connectivity index (χ3v) is 3.56. The van der Waals surface area contributed by atoms with E-state index in [1.54, 1.807) is 0 Å². The van der Waals surface area contributed by atoms with Crippen LogP contribution in [0.5, 0.6) is 0 Å². The van der Waals surface area contributed by atoms with Gasteiger partial charge in [0.05, 0.1) is 0 Å². The van der Waals surface area contributed by atoms with Crippen LogP contribution < -0.4 is 5.73 Å².